The fourth-order valence-electron chi connectivity index (χ4n) is 3.09. The molecule has 0 saturated heterocycles. The molecule has 1 heteroatoms. The highest BCUT2D eigenvalue weighted by atomic mass is 14.7. The van der Waals surface area contributed by atoms with E-state index in [-0.39, 0.29) is 0 Å². The quantitative estimate of drug-likeness (QED) is 0.426. The van der Waals surface area contributed by atoms with Crippen LogP contribution in [0.25, 0.3) is 33.4 Å². The molecule has 4 aromatic rings. The van der Waals surface area contributed by atoms with Crippen molar-refractivity contribution in [3.8, 4) is 33.4 Å². The molecule has 0 fully saturated rings. The molecule has 0 radical (unpaired) electrons. The number of nitrogens with zero attached hydrogens (tertiary/aromatic N) is 1. The zero-order valence-corrected chi connectivity index (χ0v) is 14.2. The molecule has 0 spiro atoms. The molecule has 1 nitrogen and oxygen atoms in total. The Bertz CT molecular complexity index is 971. The molecule has 0 N–H and O–H groups in total. The van der Waals surface area contributed by atoms with Crippen molar-refractivity contribution in [3.05, 3.63) is 103 Å². The van der Waals surface area contributed by atoms with Gasteiger partial charge in [-0.05, 0) is 46.9 Å². The first kappa shape index (κ1) is 15.3. The van der Waals surface area contributed by atoms with Crippen molar-refractivity contribution >= 4 is 0 Å². The van der Waals surface area contributed by atoms with Gasteiger partial charge in [0, 0.05) is 17.5 Å². The van der Waals surface area contributed by atoms with Crippen LogP contribution >= 0.6 is 0 Å². The van der Waals surface area contributed by atoms with Crippen LogP contribution in [0.2, 0.25) is 0 Å². The maximum Gasteiger partial charge on any atom is 0.0373 e. The number of benzene rings is 3. The summed E-state index contributed by atoms with van der Waals surface area (Å²) in [6.07, 6.45) is 1.96. The number of hydrogen-bond acceptors (Lipinski definition) is 1. The summed E-state index contributed by atoms with van der Waals surface area (Å²) in [5, 5.41) is 0. The molecule has 0 bridgehead atoms. The second kappa shape index (κ2) is 6.74. The highest BCUT2D eigenvalue weighted by molar-refractivity contribution is 5.86. The zero-order chi connectivity index (χ0) is 17.1. The van der Waals surface area contributed by atoms with Crippen molar-refractivity contribution in [1.29, 1.82) is 0 Å². The Morgan fingerprint density at radius 3 is 1.80 bits per heavy atom. The summed E-state index contributed by atoms with van der Waals surface area (Å²) in [4.78, 5) is 4.49. The Kier molecular flexibility index (Phi) is 4.14. The van der Waals surface area contributed by atoms with Crippen molar-refractivity contribution in [2.24, 2.45) is 0 Å². The van der Waals surface area contributed by atoms with Crippen molar-refractivity contribution in [3.63, 3.8) is 0 Å². The zero-order valence-electron chi connectivity index (χ0n) is 14.2. The van der Waals surface area contributed by atoms with E-state index in [0.29, 0.717) is 0 Å². The first-order valence-electron chi connectivity index (χ1n) is 8.49. The van der Waals surface area contributed by atoms with Crippen LogP contribution in [0.5, 0.6) is 0 Å². The Morgan fingerprint density at radius 1 is 0.520 bits per heavy atom. The molecule has 0 aliphatic carbocycles. The number of hydrogen-bond donors (Lipinski definition) is 0. The van der Waals surface area contributed by atoms with Crippen LogP contribution in [0.15, 0.2) is 97.2 Å². The second-order valence-electron chi connectivity index (χ2n) is 6.18. The minimum Gasteiger partial charge on any atom is -0.261 e. The summed E-state index contributed by atoms with van der Waals surface area (Å²) in [6.45, 7) is 2.02. The summed E-state index contributed by atoms with van der Waals surface area (Å²) in [5.41, 5.74) is 8.27. The minimum atomic E-state index is 1.03. The van der Waals surface area contributed by atoms with Crippen molar-refractivity contribution < 1.29 is 0 Å². The van der Waals surface area contributed by atoms with Gasteiger partial charge in [-0.1, -0.05) is 78.9 Å². The van der Waals surface area contributed by atoms with E-state index in [1.165, 1.54) is 27.8 Å². The summed E-state index contributed by atoms with van der Waals surface area (Å²) in [5.74, 6) is 0. The first-order chi connectivity index (χ1) is 12.3. The van der Waals surface area contributed by atoms with E-state index in [4.69, 9.17) is 0 Å². The molecule has 0 aliphatic heterocycles. The summed E-state index contributed by atoms with van der Waals surface area (Å²) >= 11 is 0. The van der Waals surface area contributed by atoms with Crippen LogP contribution < -0.4 is 0 Å². The van der Waals surface area contributed by atoms with Gasteiger partial charge in [-0.2, -0.15) is 0 Å². The molecule has 25 heavy (non-hydrogen) atoms. The standard InChI is InChI=1S/C24H19N/c1-18-12-13-22(17-25-18)24-16-21(19-8-4-2-5-9-19)14-15-23(24)20-10-6-3-7-11-20/h2-17H,1H3. The molecule has 0 unspecified atom stereocenters. The molecule has 3 aromatic carbocycles. The van der Waals surface area contributed by atoms with E-state index in [1.54, 1.807) is 0 Å². The average Bonchev–Trinajstić information content (AvgIpc) is 2.69. The molecule has 0 aliphatic rings. The van der Waals surface area contributed by atoms with Gasteiger partial charge in [0.15, 0.2) is 0 Å². The Balaban J connectivity index is 1.91. The van der Waals surface area contributed by atoms with Gasteiger partial charge in [-0.15, -0.1) is 0 Å². The highest BCUT2D eigenvalue weighted by Crippen LogP contribution is 2.35. The Morgan fingerprint density at radius 2 is 1.16 bits per heavy atom. The number of rotatable bonds is 3. The normalized spacial score (nSPS) is 10.6. The summed E-state index contributed by atoms with van der Waals surface area (Å²) < 4.78 is 0. The van der Waals surface area contributed by atoms with E-state index >= 15 is 0 Å². The van der Waals surface area contributed by atoms with Crippen LogP contribution in [0.1, 0.15) is 5.69 Å². The van der Waals surface area contributed by atoms with Gasteiger partial charge in [0.2, 0.25) is 0 Å². The topological polar surface area (TPSA) is 12.9 Å². The van der Waals surface area contributed by atoms with E-state index in [1.807, 2.05) is 19.2 Å². The third-order valence-electron chi connectivity index (χ3n) is 4.43. The molecule has 1 heterocycles. The lowest BCUT2D eigenvalue weighted by Gasteiger charge is -2.13. The highest BCUT2D eigenvalue weighted by Gasteiger charge is 2.10. The van der Waals surface area contributed by atoms with E-state index in [9.17, 15) is 0 Å². The third-order valence-corrected chi connectivity index (χ3v) is 4.43. The lowest BCUT2D eigenvalue weighted by atomic mass is 9.91. The molecule has 4 rings (SSSR count). The predicted octanol–water partition coefficient (Wildman–Crippen LogP) is 6.39. The Hall–Kier alpha value is -3.19. The van der Waals surface area contributed by atoms with E-state index in [2.05, 4.69) is 89.9 Å². The molecular formula is C24H19N. The van der Waals surface area contributed by atoms with E-state index < -0.39 is 0 Å². The molecule has 0 amide bonds. The largest absolute Gasteiger partial charge is 0.261 e. The Labute approximate surface area is 148 Å². The van der Waals surface area contributed by atoms with Gasteiger partial charge in [-0.3, -0.25) is 4.98 Å². The van der Waals surface area contributed by atoms with Gasteiger partial charge >= 0.3 is 0 Å². The first-order valence-corrected chi connectivity index (χ1v) is 8.49. The molecule has 1 aromatic heterocycles. The number of aryl methyl sites for hydroxylation is 1. The van der Waals surface area contributed by atoms with Crippen molar-refractivity contribution in [1.82, 2.24) is 4.98 Å². The van der Waals surface area contributed by atoms with E-state index in [0.717, 1.165) is 11.3 Å². The van der Waals surface area contributed by atoms with Gasteiger partial charge in [0.1, 0.15) is 0 Å². The lowest BCUT2D eigenvalue weighted by Crippen LogP contribution is -1.89. The van der Waals surface area contributed by atoms with Crippen LogP contribution in [0, 0.1) is 6.92 Å². The fraction of sp³-hybridized carbons (Fsp3) is 0.0417. The SMILES string of the molecule is Cc1ccc(-c2cc(-c3ccccc3)ccc2-c2ccccc2)cn1. The van der Waals surface area contributed by atoms with Crippen LogP contribution in [-0.4, -0.2) is 4.98 Å². The van der Waals surface area contributed by atoms with Gasteiger partial charge in [0.05, 0.1) is 0 Å². The average molecular weight is 321 g/mol. The smallest absolute Gasteiger partial charge is 0.0373 e. The minimum absolute atomic E-state index is 1.03. The van der Waals surface area contributed by atoms with Crippen molar-refractivity contribution in [2.75, 3.05) is 0 Å². The predicted molar refractivity (Wildman–Crippen MR) is 105 cm³/mol. The molecule has 0 atom stereocenters. The van der Waals surface area contributed by atoms with Crippen LogP contribution in [0.3, 0.4) is 0 Å². The second-order valence-corrected chi connectivity index (χ2v) is 6.18. The lowest BCUT2D eigenvalue weighted by molar-refractivity contribution is 1.20. The molecular weight excluding hydrogens is 302 g/mol. The van der Waals surface area contributed by atoms with Gasteiger partial charge in [-0.25, -0.2) is 0 Å². The number of aromatic nitrogens is 1. The summed E-state index contributed by atoms with van der Waals surface area (Å²) in [7, 11) is 0. The summed E-state index contributed by atoms with van der Waals surface area (Å²) in [6, 6.07) is 31.9. The van der Waals surface area contributed by atoms with Crippen LogP contribution in [0.4, 0.5) is 0 Å². The maximum atomic E-state index is 4.49. The van der Waals surface area contributed by atoms with Crippen LogP contribution in [-0.2, 0) is 0 Å². The molecule has 0 saturated carbocycles. The fourth-order valence-corrected chi connectivity index (χ4v) is 3.09. The number of pyridine rings is 1. The maximum absolute atomic E-state index is 4.49. The molecule has 120 valence electrons. The third kappa shape index (κ3) is 3.22. The van der Waals surface area contributed by atoms with Gasteiger partial charge in [0.25, 0.3) is 0 Å². The van der Waals surface area contributed by atoms with Gasteiger partial charge < -0.3 is 0 Å². The van der Waals surface area contributed by atoms with Crippen molar-refractivity contribution in [2.45, 2.75) is 6.92 Å². The monoisotopic (exact) mass is 321 g/mol.